The minimum absolute atomic E-state index is 0.0281. The fourth-order valence-corrected chi connectivity index (χ4v) is 7.78. The molecule has 0 amide bonds. The summed E-state index contributed by atoms with van der Waals surface area (Å²) in [5.41, 5.74) is 12.8. The Morgan fingerprint density at radius 2 is 1.31 bits per heavy atom. The molecule has 0 spiro atoms. The number of H-pyrrole nitrogens is 2. The second-order valence-corrected chi connectivity index (χ2v) is 14.6. The maximum Gasteiger partial charge on any atom is 0.339 e. The van der Waals surface area contributed by atoms with Crippen LogP contribution in [0.25, 0.3) is 27.4 Å². The highest BCUT2D eigenvalue weighted by Gasteiger charge is 2.49. The zero-order chi connectivity index (χ0) is 40.9. The number of carbonyl (C=O) groups excluding carboxylic acids is 3. The van der Waals surface area contributed by atoms with Crippen molar-refractivity contribution in [3.8, 4) is 5.75 Å². The van der Waals surface area contributed by atoms with Gasteiger partial charge in [-0.05, 0) is 83.8 Å². The molecule has 4 aromatic carbocycles. The molecule has 2 aromatic heterocycles. The molecule has 0 bridgehead atoms. The number of carbonyl (C=O) groups is 4. The van der Waals surface area contributed by atoms with E-state index < -0.39 is 48.5 Å². The normalized spacial score (nSPS) is 18.5. The van der Waals surface area contributed by atoms with Gasteiger partial charge in [-0.15, -0.1) is 0 Å². The minimum atomic E-state index is -1.49. The van der Waals surface area contributed by atoms with Crippen molar-refractivity contribution in [2.24, 2.45) is 0 Å². The largest absolute Gasteiger partial charge is 0.478 e. The number of allylic oxidation sites excluding steroid dienone is 2. The SMILES string of the molecule is Nc1ccc(OC2OC[C@@H](OC(=O)CCC3=CCc4ccccc43)[C@H](OC(=O)CCc3c[nH]c4ccccc34)[C@H]2OC(=O)CCc2c[nH]c3ccccc23)c(C(=O)O)c1. The minimum Gasteiger partial charge on any atom is -0.478 e. The monoisotopic (exact) mass is 797 g/mol. The molecular formula is C46H43N3O10. The topological polar surface area (TPSA) is 192 Å². The lowest BCUT2D eigenvalue weighted by molar-refractivity contribution is -0.261. The van der Waals surface area contributed by atoms with Crippen molar-refractivity contribution in [3.05, 3.63) is 137 Å². The van der Waals surface area contributed by atoms with Crippen LogP contribution >= 0.6 is 0 Å². The highest BCUT2D eigenvalue weighted by atomic mass is 16.7. The van der Waals surface area contributed by atoms with Crippen LogP contribution in [0.4, 0.5) is 5.69 Å². The summed E-state index contributed by atoms with van der Waals surface area (Å²) in [6.07, 6.45) is 1.94. The summed E-state index contributed by atoms with van der Waals surface area (Å²) in [7, 11) is 0. The van der Waals surface area contributed by atoms with E-state index in [9.17, 15) is 24.3 Å². The number of hydrogen-bond acceptors (Lipinski definition) is 10. The van der Waals surface area contributed by atoms with Crippen LogP contribution < -0.4 is 10.5 Å². The van der Waals surface area contributed by atoms with E-state index >= 15 is 0 Å². The molecule has 13 heteroatoms. The Kier molecular flexibility index (Phi) is 11.4. The highest BCUT2D eigenvalue weighted by Crippen LogP contribution is 2.33. The van der Waals surface area contributed by atoms with Crippen LogP contribution in [0.3, 0.4) is 0 Å². The number of rotatable bonds is 15. The number of nitrogens with two attached hydrogens (primary N) is 1. The number of aromatic amines is 2. The molecule has 1 aliphatic heterocycles. The standard InChI is InChI=1S/C46H43N3O10/c47-31-18-19-38(35(23-31)45(53)54)57-46-44(59-42(52)22-17-30-25-49-37-12-6-4-10-34(30)37)43(58-41(51)21-16-29-24-48-36-11-5-3-9-33(29)36)39(26-55-46)56-40(50)20-15-28-14-13-27-7-1-2-8-32(27)28/h1-12,14,18-19,23-25,39,43-44,46,48-49H,13,15-17,20-22,26,47H2,(H,53,54)/t39-,43+,44-,46?/m1/s1. The van der Waals surface area contributed by atoms with Gasteiger partial charge in [0.15, 0.2) is 12.2 Å². The van der Waals surface area contributed by atoms with Crippen LogP contribution in [0.15, 0.2) is 109 Å². The maximum absolute atomic E-state index is 13.8. The second kappa shape index (κ2) is 17.3. The number of carboxylic acids is 1. The van der Waals surface area contributed by atoms with Gasteiger partial charge in [-0.3, -0.25) is 14.4 Å². The number of aromatic nitrogens is 2. The fourth-order valence-electron chi connectivity index (χ4n) is 7.78. The van der Waals surface area contributed by atoms with Crippen molar-refractivity contribution < 1.29 is 48.0 Å². The summed E-state index contributed by atoms with van der Waals surface area (Å²) in [6.45, 7) is -0.316. The number of anilines is 1. The van der Waals surface area contributed by atoms with Gasteiger partial charge in [0.1, 0.15) is 11.3 Å². The summed E-state index contributed by atoms with van der Waals surface area (Å²) in [5, 5.41) is 11.9. The predicted molar refractivity (Wildman–Crippen MR) is 218 cm³/mol. The number of aromatic carboxylic acids is 1. The summed E-state index contributed by atoms with van der Waals surface area (Å²) < 4.78 is 30.4. The van der Waals surface area contributed by atoms with E-state index in [1.54, 1.807) is 0 Å². The molecule has 3 heterocycles. The van der Waals surface area contributed by atoms with Gasteiger partial charge < -0.3 is 44.5 Å². The van der Waals surface area contributed by atoms with Crippen LogP contribution in [-0.2, 0) is 52.6 Å². The van der Waals surface area contributed by atoms with Gasteiger partial charge in [0, 0.05) is 59.1 Å². The van der Waals surface area contributed by atoms with Crippen molar-refractivity contribution in [2.45, 2.75) is 69.5 Å². The van der Waals surface area contributed by atoms with Crippen molar-refractivity contribution in [2.75, 3.05) is 12.3 Å². The van der Waals surface area contributed by atoms with E-state index in [1.165, 1.54) is 23.8 Å². The van der Waals surface area contributed by atoms with Crippen LogP contribution in [-0.4, -0.2) is 70.2 Å². The van der Waals surface area contributed by atoms with Gasteiger partial charge in [-0.2, -0.15) is 0 Å². The molecule has 6 aromatic rings. The first kappa shape index (κ1) is 39.0. The molecular weight excluding hydrogens is 755 g/mol. The third kappa shape index (κ3) is 8.85. The van der Waals surface area contributed by atoms with Crippen LogP contribution in [0.5, 0.6) is 5.75 Å². The van der Waals surface area contributed by atoms with E-state index in [0.717, 1.165) is 50.5 Å². The maximum atomic E-state index is 13.8. The summed E-state index contributed by atoms with van der Waals surface area (Å²) >= 11 is 0. The smallest absolute Gasteiger partial charge is 0.339 e. The van der Waals surface area contributed by atoms with E-state index in [1.807, 2.05) is 79.1 Å². The van der Waals surface area contributed by atoms with Crippen molar-refractivity contribution in [3.63, 3.8) is 0 Å². The number of esters is 3. The highest BCUT2D eigenvalue weighted by molar-refractivity contribution is 5.92. The number of aryl methyl sites for hydroxylation is 2. The fraction of sp³-hybridized carbons (Fsp3) is 0.261. The predicted octanol–water partition coefficient (Wildman–Crippen LogP) is 7.09. The zero-order valence-corrected chi connectivity index (χ0v) is 32.1. The molecule has 8 rings (SSSR count). The Morgan fingerprint density at radius 1 is 0.712 bits per heavy atom. The number of benzene rings is 4. The Hall–Kier alpha value is -6.86. The Bertz CT molecular complexity index is 2550. The lowest BCUT2D eigenvalue weighted by Gasteiger charge is -2.40. The number of nitrogens with one attached hydrogen (secondary N) is 2. The van der Waals surface area contributed by atoms with Crippen molar-refractivity contribution in [1.82, 2.24) is 9.97 Å². The Labute approximate surface area is 339 Å². The summed E-state index contributed by atoms with van der Waals surface area (Å²) in [5.74, 6) is -3.33. The number of nitrogen functional groups attached to an aromatic ring is 1. The first-order chi connectivity index (χ1) is 28.7. The third-order valence-electron chi connectivity index (χ3n) is 10.8. The zero-order valence-electron chi connectivity index (χ0n) is 32.1. The molecule has 4 atom stereocenters. The lowest BCUT2D eigenvalue weighted by atomic mass is 10.0. The van der Waals surface area contributed by atoms with E-state index in [2.05, 4.69) is 22.1 Å². The van der Waals surface area contributed by atoms with E-state index in [0.29, 0.717) is 19.3 Å². The summed E-state index contributed by atoms with van der Waals surface area (Å²) in [6, 6.07) is 27.5. The van der Waals surface area contributed by atoms with Crippen LogP contribution in [0.2, 0.25) is 0 Å². The van der Waals surface area contributed by atoms with Gasteiger partial charge in [0.05, 0.1) is 6.61 Å². The molecule has 5 N–H and O–H groups in total. The van der Waals surface area contributed by atoms with E-state index in [-0.39, 0.29) is 42.9 Å². The number of ether oxygens (including phenoxy) is 5. The number of para-hydroxylation sites is 2. The Balaban J connectivity index is 1.05. The van der Waals surface area contributed by atoms with Crippen molar-refractivity contribution in [1.29, 1.82) is 0 Å². The third-order valence-corrected chi connectivity index (χ3v) is 10.8. The first-order valence-electron chi connectivity index (χ1n) is 19.6. The second-order valence-electron chi connectivity index (χ2n) is 14.6. The number of fused-ring (bicyclic) bond motifs is 3. The average molecular weight is 798 g/mol. The van der Waals surface area contributed by atoms with Crippen LogP contribution in [0.1, 0.15) is 58.3 Å². The molecule has 1 saturated heterocycles. The lowest BCUT2D eigenvalue weighted by Crippen LogP contribution is -2.59. The van der Waals surface area contributed by atoms with Crippen molar-refractivity contribution >= 4 is 56.9 Å². The van der Waals surface area contributed by atoms with Crippen LogP contribution in [0, 0.1) is 0 Å². The first-order valence-corrected chi connectivity index (χ1v) is 19.6. The van der Waals surface area contributed by atoms with Gasteiger partial charge in [-0.1, -0.05) is 66.7 Å². The molecule has 1 fully saturated rings. The van der Waals surface area contributed by atoms with Gasteiger partial charge in [0.25, 0.3) is 0 Å². The number of carboxylic acid groups (broad SMARTS) is 1. The molecule has 59 heavy (non-hydrogen) atoms. The molecule has 0 radical (unpaired) electrons. The molecule has 2 aliphatic rings. The van der Waals surface area contributed by atoms with Gasteiger partial charge >= 0.3 is 23.9 Å². The summed E-state index contributed by atoms with van der Waals surface area (Å²) in [4.78, 5) is 59.7. The van der Waals surface area contributed by atoms with E-state index in [4.69, 9.17) is 29.4 Å². The molecule has 0 saturated carbocycles. The van der Waals surface area contributed by atoms with Gasteiger partial charge in [0.2, 0.25) is 12.4 Å². The quantitative estimate of drug-likeness (QED) is 0.0471. The molecule has 1 unspecified atom stereocenters. The molecule has 302 valence electrons. The van der Waals surface area contributed by atoms with Gasteiger partial charge in [-0.25, -0.2) is 4.79 Å². The average Bonchev–Trinajstić information content (AvgIpc) is 3.98. The number of hydrogen-bond donors (Lipinski definition) is 4. The molecule has 13 nitrogen and oxygen atoms in total. The molecule has 1 aliphatic carbocycles. The Morgan fingerprint density at radius 3 is 1.98 bits per heavy atom.